The molecule has 2 aliphatic rings. The first-order chi connectivity index (χ1) is 6.06. The molecular weight excluding hydrogens is 182 g/mol. The van der Waals surface area contributed by atoms with Crippen molar-refractivity contribution in [1.29, 1.82) is 0 Å². The molecule has 13 heavy (non-hydrogen) atoms. The molecule has 2 aliphatic heterocycles. The third-order valence-corrected chi connectivity index (χ3v) is 4.71. The Morgan fingerprint density at radius 2 is 1.92 bits per heavy atom. The molecule has 2 fully saturated rings. The number of carbonyl (C=O) groups is 1. The molecule has 0 unspecified atom stereocenters. The lowest BCUT2D eigenvalue weighted by atomic mass is 9.68. The number of rotatable bonds is 0. The molecule has 0 atom stereocenters. The molecule has 0 radical (unpaired) electrons. The molecule has 1 spiro atoms. The van der Waals surface area contributed by atoms with Crippen LogP contribution in [0.2, 0.25) is 0 Å². The fourth-order valence-electron chi connectivity index (χ4n) is 2.62. The van der Waals surface area contributed by atoms with Crippen LogP contribution in [0.3, 0.4) is 0 Å². The van der Waals surface area contributed by atoms with Crippen LogP contribution in [-0.2, 0) is 4.79 Å². The summed E-state index contributed by atoms with van der Waals surface area (Å²) in [5, 5.41) is 3.11. The number of hydrogen-bond donors (Lipinski definition) is 1. The molecule has 0 saturated carbocycles. The minimum absolute atomic E-state index is 0.0189. The van der Waals surface area contributed by atoms with E-state index in [9.17, 15) is 4.79 Å². The second-order valence-corrected chi connectivity index (χ2v) is 5.97. The standard InChI is InChI=1S/C10H17NOS/c1-9(2)10(7-8(12)11-9)3-5-13-6-4-10/h3-7H2,1-2H3,(H,11,12). The average molecular weight is 199 g/mol. The van der Waals surface area contributed by atoms with Crippen molar-refractivity contribution in [3.05, 3.63) is 0 Å². The summed E-state index contributed by atoms with van der Waals surface area (Å²) < 4.78 is 0. The number of thioether (sulfide) groups is 1. The van der Waals surface area contributed by atoms with Crippen molar-refractivity contribution in [3.63, 3.8) is 0 Å². The number of nitrogens with one attached hydrogen (secondary N) is 1. The predicted octanol–water partition coefficient (Wildman–Crippen LogP) is 1.80. The smallest absolute Gasteiger partial charge is 0.221 e. The van der Waals surface area contributed by atoms with Gasteiger partial charge in [-0.15, -0.1) is 0 Å². The summed E-state index contributed by atoms with van der Waals surface area (Å²) in [6, 6.07) is 0. The van der Waals surface area contributed by atoms with Gasteiger partial charge in [0.15, 0.2) is 0 Å². The zero-order valence-corrected chi connectivity index (χ0v) is 9.17. The van der Waals surface area contributed by atoms with Gasteiger partial charge in [0.1, 0.15) is 0 Å². The maximum Gasteiger partial charge on any atom is 0.221 e. The monoisotopic (exact) mass is 199 g/mol. The van der Waals surface area contributed by atoms with E-state index in [0.29, 0.717) is 0 Å². The van der Waals surface area contributed by atoms with Crippen LogP contribution in [0, 0.1) is 5.41 Å². The lowest BCUT2D eigenvalue weighted by molar-refractivity contribution is -0.120. The summed E-state index contributed by atoms with van der Waals surface area (Å²) >= 11 is 2.02. The zero-order valence-electron chi connectivity index (χ0n) is 8.35. The quantitative estimate of drug-likeness (QED) is 0.644. The highest BCUT2D eigenvalue weighted by Gasteiger charge is 2.52. The molecule has 0 bridgehead atoms. The molecule has 74 valence electrons. The minimum Gasteiger partial charge on any atom is -0.351 e. The number of hydrogen-bond acceptors (Lipinski definition) is 2. The molecule has 0 aromatic heterocycles. The Labute approximate surface area is 83.8 Å². The van der Waals surface area contributed by atoms with Gasteiger partial charge < -0.3 is 5.32 Å². The largest absolute Gasteiger partial charge is 0.351 e. The molecule has 2 rings (SSSR count). The lowest BCUT2D eigenvalue weighted by Gasteiger charge is -2.42. The normalized spacial score (nSPS) is 30.5. The van der Waals surface area contributed by atoms with Crippen molar-refractivity contribution in [2.24, 2.45) is 5.41 Å². The summed E-state index contributed by atoms with van der Waals surface area (Å²) in [7, 11) is 0. The maximum atomic E-state index is 11.4. The molecular formula is C10H17NOS. The van der Waals surface area contributed by atoms with Crippen molar-refractivity contribution in [3.8, 4) is 0 Å². The summed E-state index contributed by atoms with van der Waals surface area (Å²) in [6.45, 7) is 4.35. The molecule has 1 N–H and O–H groups in total. The van der Waals surface area contributed by atoms with Gasteiger partial charge in [-0.2, -0.15) is 11.8 Å². The van der Waals surface area contributed by atoms with E-state index >= 15 is 0 Å². The van der Waals surface area contributed by atoms with Crippen molar-refractivity contribution in [2.45, 2.75) is 38.6 Å². The van der Waals surface area contributed by atoms with E-state index < -0.39 is 0 Å². The Kier molecular flexibility index (Phi) is 2.10. The van der Waals surface area contributed by atoms with Crippen LogP contribution in [0.1, 0.15) is 33.1 Å². The Hall–Kier alpha value is -0.180. The summed E-state index contributed by atoms with van der Waals surface area (Å²) in [5.41, 5.74) is 0.278. The predicted molar refractivity (Wildman–Crippen MR) is 55.8 cm³/mol. The Morgan fingerprint density at radius 3 is 2.38 bits per heavy atom. The van der Waals surface area contributed by atoms with E-state index in [1.165, 1.54) is 24.3 Å². The third-order valence-electron chi connectivity index (χ3n) is 3.73. The number of amides is 1. The van der Waals surface area contributed by atoms with E-state index in [2.05, 4.69) is 19.2 Å². The SMILES string of the molecule is CC1(C)NC(=O)CC12CCSCC2. The van der Waals surface area contributed by atoms with Crippen molar-refractivity contribution in [1.82, 2.24) is 5.32 Å². The van der Waals surface area contributed by atoms with Crippen LogP contribution in [0.4, 0.5) is 0 Å². The fraction of sp³-hybridized carbons (Fsp3) is 0.900. The van der Waals surface area contributed by atoms with Crippen molar-refractivity contribution < 1.29 is 4.79 Å². The molecule has 2 saturated heterocycles. The van der Waals surface area contributed by atoms with Crippen LogP contribution in [0.25, 0.3) is 0 Å². The van der Waals surface area contributed by atoms with E-state index in [4.69, 9.17) is 0 Å². The topological polar surface area (TPSA) is 29.1 Å². The van der Waals surface area contributed by atoms with E-state index in [0.717, 1.165) is 6.42 Å². The van der Waals surface area contributed by atoms with Crippen molar-refractivity contribution >= 4 is 17.7 Å². The highest BCUT2D eigenvalue weighted by Crippen LogP contribution is 2.49. The molecule has 0 aromatic rings. The molecule has 2 heterocycles. The van der Waals surface area contributed by atoms with Crippen LogP contribution >= 0.6 is 11.8 Å². The Morgan fingerprint density at radius 1 is 1.31 bits per heavy atom. The van der Waals surface area contributed by atoms with Gasteiger partial charge >= 0.3 is 0 Å². The van der Waals surface area contributed by atoms with Crippen LogP contribution in [0.15, 0.2) is 0 Å². The van der Waals surface area contributed by atoms with Gasteiger partial charge in [0, 0.05) is 17.4 Å². The van der Waals surface area contributed by atoms with Crippen molar-refractivity contribution in [2.75, 3.05) is 11.5 Å². The summed E-state index contributed by atoms with van der Waals surface area (Å²) in [6.07, 6.45) is 3.15. The Balaban J connectivity index is 2.24. The van der Waals surface area contributed by atoms with E-state index in [1.54, 1.807) is 0 Å². The van der Waals surface area contributed by atoms with Gasteiger partial charge in [-0.3, -0.25) is 4.79 Å². The molecule has 0 aromatic carbocycles. The van der Waals surface area contributed by atoms with Gasteiger partial charge in [0.2, 0.25) is 5.91 Å². The number of carbonyl (C=O) groups excluding carboxylic acids is 1. The minimum atomic E-state index is 0.0189. The van der Waals surface area contributed by atoms with Gasteiger partial charge in [-0.1, -0.05) is 0 Å². The third kappa shape index (κ3) is 1.37. The Bertz CT molecular complexity index is 231. The first-order valence-electron chi connectivity index (χ1n) is 4.95. The fourth-order valence-corrected chi connectivity index (χ4v) is 3.89. The first kappa shape index (κ1) is 9.38. The maximum absolute atomic E-state index is 11.4. The van der Waals surface area contributed by atoms with E-state index in [-0.39, 0.29) is 16.9 Å². The summed E-state index contributed by atoms with van der Waals surface area (Å²) in [5.74, 6) is 2.69. The highest BCUT2D eigenvalue weighted by molar-refractivity contribution is 7.99. The van der Waals surface area contributed by atoms with Gasteiger partial charge in [-0.05, 0) is 38.2 Å². The molecule has 2 nitrogen and oxygen atoms in total. The summed E-state index contributed by atoms with van der Waals surface area (Å²) in [4.78, 5) is 11.4. The molecule has 0 aliphatic carbocycles. The zero-order chi connectivity index (χ0) is 9.53. The molecule has 3 heteroatoms. The highest BCUT2D eigenvalue weighted by atomic mass is 32.2. The van der Waals surface area contributed by atoms with Gasteiger partial charge in [0.25, 0.3) is 0 Å². The van der Waals surface area contributed by atoms with Crippen LogP contribution in [0.5, 0.6) is 0 Å². The van der Waals surface area contributed by atoms with E-state index in [1.807, 2.05) is 11.8 Å². The van der Waals surface area contributed by atoms with Gasteiger partial charge in [0.05, 0.1) is 0 Å². The average Bonchev–Trinajstić information content (AvgIpc) is 2.23. The van der Waals surface area contributed by atoms with Crippen LogP contribution < -0.4 is 5.32 Å². The van der Waals surface area contributed by atoms with Crippen LogP contribution in [-0.4, -0.2) is 23.0 Å². The lowest BCUT2D eigenvalue weighted by Crippen LogP contribution is -2.48. The second-order valence-electron chi connectivity index (χ2n) is 4.74. The first-order valence-corrected chi connectivity index (χ1v) is 6.10. The molecule has 1 amide bonds. The van der Waals surface area contributed by atoms with Gasteiger partial charge in [-0.25, -0.2) is 0 Å². The second kappa shape index (κ2) is 2.91.